The van der Waals surface area contributed by atoms with Crippen molar-refractivity contribution in [3.8, 4) is 0 Å². The van der Waals surface area contributed by atoms with Gasteiger partial charge in [0.05, 0.1) is 10.9 Å². The van der Waals surface area contributed by atoms with E-state index in [0.717, 1.165) is 0 Å². The minimum absolute atomic E-state index is 0.0539. The number of hydrogen-bond acceptors (Lipinski definition) is 5. The van der Waals surface area contributed by atoms with E-state index in [0.29, 0.717) is 16.3 Å². The molecule has 62 valence electrons. The van der Waals surface area contributed by atoms with E-state index in [1.165, 1.54) is 12.4 Å². The topological polar surface area (TPSA) is 70.9 Å². The van der Waals surface area contributed by atoms with E-state index in [-0.39, 0.29) is 8.44 Å². The summed E-state index contributed by atoms with van der Waals surface area (Å²) < 4.78 is 6.36. The third-order valence-electron chi connectivity index (χ3n) is 0.692. The predicted octanol–water partition coefficient (Wildman–Crippen LogP) is -1.98. The number of rotatable bonds is 5. The lowest BCUT2D eigenvalue weighted by Crippen LogP contribution is -2.12. The molecule has 5 nitrogen and oxygen atoms in total. The molecule has 0 saturated carbocycles. The van der Waals surface area contributed by atoms with Crippen molar-refractivity contribution in [1.82, 2.24) is 4.41 Å². The van der Waals surface area contributed by atoms with Gasteiger partial charge in [0.2, 0.25) is 3.79 Å². The lowest BCUT2D eigenvalue weighted by Gasteiger charge is -1.87. The van der Waals surface area contributed by atoms with Gasteiger partial charge >= 0.3 is 32.0 Å². The van der Waals surface area contributed by atoms with Gasteiger partial charge in [-0.3, -0.25) is 4.79 Å². The van der Waals surface area contributed by atoms with Crippen LogP contribution in [0, 0.1) is 0 Å². The van der Waals surface area contributed by atoms with Crippen LogP contribution in [0.4, 0.5) is 0 Å². The van der Waals surface area contributed by atoms with Gasteiger partial charge in [-0.05, 0) is 0 Å². The third kappa shape index (κ3) is 10.3. The molecule has 0 aromatic heterocycles. The molecule has 0 bridgehead atoms. The summed E-state index contributed by atoms with van der Waals surface area (Å²) in [6.07, 6.45) is 2.48. The Morgan fingerprint density at radius 1 is 1.50 bits per heavy atom. The average molecular weight is 309 g/mol. The van der Waals surface area contributed by atoms with Crippen molar-refractivity contribution in [2.45, 2.75) is 0 Å². The number of nitrogens with zero attached hydrogens (tertiary/aromatic N) is 2. The molecule has 0 atom stereocenters. The van der Waals surface area contributed by atoms with Gasteiger partial charge in [0.25, 0.3) is 0 Å². The fraction of sp³-hybridized carbons (Fsp3) is 0. The minimum Gasteiger partial charge on any atom is -0.383 e. The lowest BCUT2D eigenvalue weighted by molar-refractivity contribution is -0.106. The molecule has 0 radical (unpaired) electrons. The van der Waals surface area contributed by atoms with Crippen LogP contribution in [0.5, 0.6) is 0 Å². The monoisotopic (exact) mass is 309 g/mol. The Kier molecular flexibility index (Phi) is 8.08. The first kappa shape index (κ1) is 12.3. The average Bonchev–Trinajstić information content (AvgIpc) is 1.95. The first-order valence-electron chi connectivity index (χ1n) is 3.08. The maximum Gasteiger partial charge on any atom is 0.582 e. The van der Waals surface area contributed by atoms with Crippen molar-refractivity contribution in [3.63, 3.8) is 0 Å². The molecule has 0 fully saturated rings. The molecule has 0 aromatic carbocycles. The van der Waals surface area contributed by atoms with Gasteiger partial charge in [-0.2, -0.15) is 0 Å². The molecule has 12 heavy (non-hydrogen) atoms. The molecule has 0 spiro atoms. The van der Waals surface area contributed by atoms with Crippen LogP contribution >= 0.6 is 22.6 Å². The zero-order chi connectivity index (χ0) is 9.40. The summed E-state index contributed by atoms with van der Waals surface area (Å²) in [6.45, 7) is 0. The molecular weight excluding hydrogens is 303 g/mol. The number of carbonyl (C=O) groups excluding carboxylic acids is 2. The maximum atomic E-state index is 10.4. The van der Waals surface area contributed by atoms with Crippen LogP contribution in [0.2, 0.25) is 0 Å². The highest BCUT2D eigenvalue weighted by Crippen LogP contribution is 1.77. The van der Waals surface area contributed by atoms with Gasteiger partial charge in [0.1, 0.15) is 0 Å². The van der Waals surface area contributed by atoms with Crippen molar-refractivity contribution in [2.75, 3.05) is 0 Å². The highest BCUT2D eigenvalue weighted by Gasteiger charge is 1.88. The second-order valence-electron chi connectivity index (χ2n) is 1.80. The molecule has 0 aliphatic carbocycles. The normalized spacial score (nSPS) is 10.4. The lowest BCUT2D eigenvalue weighted by atomic mass is 10.9. The maximum absolute atomic E-state index is 10.4. The van der Waals surface area contributed by atoms with Crippen LogP contribution in [0.15, 0.2) is 9.08 Å². The van der Waals surface area contributed by atoms with Gasteiger partial charge in [0, 0.05) is 28.8 Å². The van der Waals surface area contributed by atoms with E-state index in [2.05, 4.69) is 13.5 Å². The Hall–Kier alpha value is 0.275. The minimum atomic E-state index is -0.907. The van der Waals surface area contributed by atoms with E-state index < -0.39 is 15.7 Å². The highest BCUT2D eigenvalue weighted by molar-refractivity contribution is 14.1. The standard InChI is InChI=1S/C2H3IN2O.C2HNO.2Al.3H/c3-2(6)1-5-4;3-1-2-4;;;;;/h1H,(H2,4,6);1H;;;;;/q;-1;;+2;;;/p-1. The smallest absolute Gasteiger partial charge is 0.383 e. The van der Waals surface area contributed by atoms with E-state index >= 15 is 0 Å². The van der Waals surface area contributed by atoms with Gasteiger partial charge in [-0.25, -0.2) is 5.10 Å². The van der Waals surface area contributed by atoms with Gasteiger partial charge in [0.15, 0.2) is 0 Å². The summed E-state index contributed by atoms with van der Waals surface area (Å²) in [5.74, 6) is 0. The second kappa shape index (κ2) is 7.90. The summed E-state index contributed by atoms with van der Waals surface area (Å²) in [5, 5.41) is 3.58. The predicted molar refractivity (Wildman–Crippen MR) is 59.8 cm³/mol. The summed E-state index contributed by atoms with van der Waals surface area (Å²) in [6, 6.07) is 0. The third-order valence-corrected chi connectivity index (χ3v) is 1.92. The van der Waals surface area contributed by atoms with Crippen molar-refractivity contribution < 1.29 is 9.59 Å². The fourth-order valence-corrected chi connectivity index (χ4v) is 1.64. The quantitative estimate of drug-likeness (QED) is 0.160. The van der Waals surface area contributed by atoms with Crippen molar-refractivity contribution in [3.05, 3.63) is 0 Å². The number of carbonyl (C=O) groups is 2. The molecule has 0 amide bonds. The van der Waals surface area contributed by atoms with Crippen LogP contribution in [-0.4, -0.2) is 52.8 Å². The van der Waals surface area contributed by atoms with Crippen LogP contribution in [0.3, 0.4) is 0 Å². The Morgan fingerprint density at radius 2 is 2.17 bits per heavy atom. The molecule has 0 aromatic rings. The second-order valence-corrected chi connectivity index (χ2v) is 4.85. The number of nitrogens with one attached hydrogen (secondary N) is 1. The molecule has 0 heterocycles. The molecule has 0 saturated heterocycles. The van der Waals surface area contributed by atoms with Gasteiger partial charge in [-0.15, -0.1) is 0 Å². The summed E-state index contributed by atoms with van der Waals surface area (Å²) in [5.41, 5.74) is 0. The first-order chi connectivity index (χ1) is 5.63. The Bertz CT molecular complexity index is 206. The van der Waals surface area contributed by atoms with Gasteiger partial charge in [-0.1, -0.05) is 0 Å². The molecule has 8 heteroatoms. The Labute approximate surface area is 97.8 Å². The highest BCUT2D eigenvalue weighted by atomic mass is 127. The Balaban J connectivity index is 3.45. The number of halogens is 1. The zero-order valence-corrected chi connectivity index (χ0v) is 12.0. The summed E-state index contributed by atoms with van der Waals surface area (Å²) >= 11 is 1.21. The molecule has 0 aliphatic rings. The van der Waals surface area contributed by atoms with E-state index in [1.807, 2.05) is 0 Å². The number of hydrogen-bond donors (Lipinski definition) is 1. The van der Waals surface area contributed by atoms with Crippen LogP contribution in [-0.2, 0) is 9.59 Å². The van der Waals surface area contributed by atoms with E-state index in [9.17, 15) is 9.59 Å². The summed E-state index contributed by atoms with van der Waals surface area (Å²) in [7, 11) is 0. The molecular formula is C4H6Al2IN3O2. The summed E-state index contributed by atoms with van der Waals surface area (Å²) in [4.78, 5) is 20.7. The molecule has 0 rings (SSSR count). The van der Waals surface area contributed by atoms with Crippen molar-refractivity contribution in [1.29, 1.82) is 0 Å². The first-order valence-corrected chi connectivity index (χ1v) is 6.50. The zero-order valence-electron chi connectivity index (χ0n) is 6.45. The van der Waals surface area contributed by atoms with Crippen LogP contribution in [0.1, 0.15) is 0 Å². The van der Waals surface area contributed by atoms with Crippen molar-refractivity contribution >= 4 is 75.4 Å². The van der Waals surface area contributed by atoms with Gasteiger partial charge < -0.3 is 13.2 Å². The SMILES string of the molecule is O=[C]([AlH2])C=[N][AlH][NH]/N=C/C(=O)I. The van der Waals surface area contributed by atoms with E-state index in [1.54, 1.807) is 22.6 Å². The number of hydrazone groups is 1. The fourth-order valence-electron chi connectivity index (χ4n) is 0.352. The van der Waals surface area contributed by atoms with Crippen LogP contribution in [0.25, 0.3) is 0 Å². The molecule has 0 aliphatic heterocycles. The molecule has 0 unspecified atom stereocenters. The van der Waals surface area contributed by atoms with Crippen LogP contribution < -0.4 is 4.41 Å². The largest absolute Gasteiger partial charge is 0.582 e. The molecule has 1 N–H and O–H groups in total. The Morgan fingerprint density at radius 3 is 2.67 bits per heavy atom. The van der Waals surface area contributed by atoms with E-state index in [4.69, 9.17) is 0 Å². The van der Waals surface area contributed by atoms with Crippen molar-refractivity contribution in [2.24, 2.45) is 9.08 Å².